The fourth-order valence-corrected chi connectivity index (χ4v) is 3.41. The number of nitrogens with one attached hydrogen (secondary N) is 1. The van der Waals surface area contributed by atoms with Crippen LogP contribution in [0.4, 0.5) is 0 Å². The summed E-state index contributed by atoms with van der Waals surface area (Å²) in [6.45, 7) is 10.8. The van der Waals surface area contributed by atoms with E-state index in [9.17, 15) is 0 Å². The minimum absolute atomic E-state index is 0.500. The van der Waals surface area contributed by atoms with E-state index in [1.807, 2.05) is 0 Å². The van der Waals surface area contributed by atoms with Crippen LogP contribution in [0, 0.1) is 6.92 Å². The van der Waals surface area contributed by atoms with Gasteiger partial charge in [0.2, 0.25) is 0 Å². The second kappa shape index (κ2) is 7.18. The van der Waals surface area contributed by atoms with Gasteiger partial charge in [-0.1, -0.05) is 50.2 Å². The lowest BCUT2D eigenvalue weighted by atomic mass is 10.00. The van der Waals surface area contributed by atoms with E-state index in [2.05, 4.69) is 63.2 Å². The molecule has 0 radical (unpaired) electrons. The standard InChI is InChI=1S/C21H27NO/c1-16(2)20-9-8-17(3)14-21(20)23-13-12-22-11-10-18-6-4-5-7-19(18)15-22/h4-9,14,16H,10-13,15H2,1-3H3/p+1. The zero-order valence-corrected chi connectivity index (χ0v) is 14.6. The zero-order valence-electron chi connectivity index (χ0n) is 14.6. The molecule has 23 heavy (non-hydrogen) atoms. The first kappa shape index (κ1) is 16.1. The van der Waals surface area contributed by atoms with Gasteiger partial charge in [-0.05, 0) is 35.6 Å². The number of benzene rings is 2. The van der Waals surface area contributed by atoms with Crippen molar-refractivity contribution < 1.29 is 9.64 Å². The lowest BCUT2D eigenvalue weighted by molar-refractivity contribution is -0.915. The summed E-state index contributed by atoms with van der Waals surface area (Å²) < 4.78 is 6.15. The van der Waals surface area contributed by atoms with Crippen molar-refractivity contribution in [2.75, 3.05) is 19.7 Å². The molecule has 1 atom stereocenters. The summed E-state index contributed by atoms with van der Waals surface area (Å²) in [5, 5.41) is 0. The van der Waals surface area contributed by atoms with Crippen molar-refractivity contribution in [3.05, 3.63) is 64.7 Å². The minimum atomic E-state index is 0.500. The number of hydrogen-bond donors (Lipinski definition) is 1. The molecule has 2 nitrogen and oxygen atoms in total. The molecule has 0 bridgehead atoms. The van der Waals surface area contributed by atoms with Crippen LogP contribution in [0.25, 0.3) is 0 Å². The maximum absolute atomic E-state index is 6.15. The molecule has 122 valence electrons. The van der Waals surface area contributed by atoms with Gasteiger partial charge in [0.05, 0.1) is 6.54 Å². The smallest absolute Gasteiger partial charge is 0.137 e. The monoisotopic (exact) mass is 310 g/mol. The van der Waals surface area contributed by atoms with Crippen molar-refractivity contribution in [2.45, 2.75) is 39.7 Å². The Morgan fingerprint density at radius 3 is 2.65 bits per heavy atom. The molecule has 1 unspecified atom stereocenters. The van der Waals surface area contributed by atoms with Gasteiger partial charge in [0.15, 0.2) is 0 Å². The summed E-state index contributed by atoms with van der Waals surface area (Å²) in [6.07, 6.45) is 1.19. The topological polar surface area (TPSA) is 13.7 Å². The van der Waals surface area contributed by atoms with E-state index in [4.69, 9.17) is 4.74 Å². The summed E-state index contributed by atoms with van der Waals surface area (Å²) in [6, 6.07) is 15.4. The van der Waals surface area contributed by atoms with Crippen LogP contribution in [0.5, 0.6) is 5.75 Å². The summed E-state index contributed by atoms with van der Waals surface area (Å²) in [5.74, 6) is 1.57. The average Bonchev–Trinajstić information content (AvgIpc) is 2.54. The second-order valence-corrected chi connectivity index (χ2v) is 6.99. The fraction of sp³-hybridized carbons (Fsp3) is 0.429. The van der Waals surface area contributed by atoms with Crippen LogP contribution in [0.15, 0.2) is 42.5 Å². The average molecular weight is 310 g/mol. The number of quaternary nitrogens is 1. The van der Waals surface area contributed by atoms with Crippen molar-refractivity contribution in [2.24, 2.45) is 0 Å². The van der Waals surface area contributed by atoms with Crippen molar-refractivity contribution in [3.63, 3.8) is 0 Å². The van der Waals surface area contributed by atoms with Crippen LogP contribution in [0.1, 0.15) is 42.0 Å². The van der Waals surface area contributed by atoms with E-state index in [-0.39, 0.29) is 0 Å². The summed E-state index contributed by atoms with van der Waals surface area (Å²) >= 11 is 0. The number of hydrogen-bond acceptors (Lipinski definition) is 1. The summed E-state index contributed by atoms with van der Waals surface area (Å²) in [5.41, 5.74) is 5.61. The highest BCUT2D eigenvalue weighted by atomic mass is 16.5. The van der Waals surface area contributed by atoms with Gasteiger partial charge in [-0.3, -0.25) is 0 Å². The Balaban J connectivity index is 1.57. The SMILES string of the molecule is Cc1ccc(C(C)C)c(OCC[NH+]2CCc3ccccc3C2)c1. The van der Waals surface area contributed by atoms with Crippen LogP contribution >= 0.6 is 0 Å². The number of ether oxygens (including phenoxy) is 1. The van der Waals surface area contributed by atoms with Gasteiger partial charge in [-0.25, -0.2) is 0 Å². The molecular weight excluding hydrogens is 282 g/mol. The molecule has 0 spiro atoms. The fourth-order valence-electron chi connectivity index (χ4n) is 3.41. The Bertz CT molecular complexity index is 663. The molecule has 0 aliphatic carbocycles. The molecule has 3 rings (SSSR count). The van der Waals surface area contributed by atoms with Gasteiger partial charge < -0.3 is 9.64 Å². The number of aryl methyl sites for hydroxylation is 1. The van der Waals surface area contributed by atoms with E-state index in [1.54, 1.807) is 4.90 Å². The lowest BCUT2D eigenvalue weighted by Gasteiger charge is -2.26. The van der Waals surface area contributed by atoms with Gasteiger partial charge >= 0.3 is 0 Å². The Labute approximate surface area is 140 Å². The summed E-state index contributed by atoms with van der Waals surface area (Å²) in [4.78, 5) is 1.63. The number of rotatable bonds is 5. The van der Waals surface area contributed by atoms with Crippen LogP contribution in [-0.4, -0.2) is 19.7 Å². The lowest BCUT2D eigenvalue weighted by Crippen LogP contribution is -3.12. The third kappa shape index (κ3) is 3.94. The highest BCUT2D eigenvalue weighted by Crippen LogP contribution is 2.27. The predicted octanol–water partition coefficient (Wildman–Crippen LogP) is 3.14. The molecule has 0 saturated heterocycles. The summed E-state index contributed by atoms with van der Waals surface area (Å²) in [7, 11) is 0. The van der Waals surface area contributed by atoms with Crippen molar-refractivity contribution in [1.82, 2.24) is 0 Å². The Hall–Kier alpha value is -1.80. The molecule has 1 heterocycles. The Morgan fingerprint density at radius 1 is 1.09 bits per heavy atom. The van der Waals surface area contributed by atoms with E-state index >= 15 is 0 Å². The first-order chi connectivity index (χ1) is 11.1. The number of fused-ring (bicyclic) bond motifs is 1. The van der Waals surface area contributed by atoms with E-state index < -0.39 is 0 Å². The second-order valence-electron chi connectivity index (χ2n) is 6.99. The van der Waals surface area contributed by atoms with Gasteiger partial charge in [-0.2, -0.15) is 0 Å². The van der Waals surface area contributed by atoms with Crippen LogP contribution in [-0.2, 0) is 13.0 Å². The van der Waals surface area contributed by atoms with Crippen molar-refractivity contribution in [1.29, 1.82) is 0 Å². The van der Waals surface area contributed by atoms with Gasteiger partial charge in [0, 0.05) is 12.0 Å². The first-order valence-electron chi connectivity index (χ1n) is 8.77. The third-order valence-electron chi connectivity index (χ3n) is 4.81. The molecule has 0 fully saturated rings. The highest BCUT2D eigenvalue weighted by molar-refractivity contribution is 5.39. The quantitative estimate of drug-likeness (QED) is 0.896. The first-order valence-corrected chi connectivity index (χ1v) is 8.77. The zero-order chi connectivity index (χ0) is 16.2. The molecule has 0 saturated carbocycles. The van der Waals surface area contributed by atoms with Crippen molar-refractivity contribution >= 4 is 0 Å². The molecule has 1 N–H and O–H groups in total. The molecule has 2 heteroatoms. The van der Waals surface area contributed by atoms with Crippen molar-refractivity contribution in [3.8, 4) is 5.75 Å². The molecule has 1 aliphatic rings. The molecule has 2 aromatic carbocycles. The van der Waals surface area contributed by atoms with Crippen LogP contribution < -0.4 is 9.64 Å². The normalized spacial score (nSPS) is 17.1. The molecule has 0 amide bonds. The predicted molar refractivity (Wildman–Crippen MR) is 95.3 cm³/mol. The van der Waals surface area contributed by atoms with E-state index in [0.717, 1.165) is 25.4 Å². The van der Waals surface area contributed by atoms with Gasteiger partial charge in [-0.15, -0.1) is 0 Å². The Morgan fingerprint density at radius 2 is 1.87 bits per heavy atom. The largest absolute Gasteiger partial charge is 0.487 e. The Kier molecular flexibility index (Phi) is 5.02. The van der Waals surface area contributed by atoms with Gasteiger partial charge in [0.25, 0.3) is 0 Å². The highest BCUT2D eigenvalue weighted by Gasteiger charge is 2.18. The molecular formula is C21H28NO+. The van der Waals surface area contributed by atoms with Crippen LogP contribution in [0.3, 0.4) is 0 Å². The minimum Gasteiger partial charge on any atom is -0.487 e. The molecule has 2 aromatic rings. The molecule has 1 aliphatic heterocycles. The van der Waals surface area contributed by atoms with Crippen LogP contribution in [0.2, 0.25) is 0 Å². The van der Waals surface area contributed by atoms with E-state index in [0.29, 0.717) is 5.92 Å². The van der Waals surface area contributed by atoms with Gasteiger partial charge in [0.1, 0.15) is 25.4 Å². The maximum Gasteiger partial charge on any atom is 0.137 e. The maximum atomic E-state index is 6.15. The molecule has 0 aromatic heterocycles. The van der Waals surface area contributed by atoms with E-state index in [1.165, 1.54) is 35.2 Å². The third-order valence-corrected chi connectivity index (χ3v) is 4.81.